The maximum atomic E-state index is 12.9. The highest BCUT2D eigenvalue weighted by Crippen LogP contribution is 2.32. The second kappa shape index (κ2) is 8.26. The average molecular weight is 415 g/mol. The molecule has 0 saturated carbocycles. The van der Waals surface area contributed by atoms with Crippen molar-refractivity contribution in [3.05, 3.63) is 66.9 Å². The Bertz CT molecular complexity index is 1070. The molecule has 158 valence electrons. The molecule has 7 nitrogen and oxygen atoms in total. The largest absolute Gasteiger partial charge is 0.368 e. The first-order valence-corrected chi connectivity index (χ1v) is 10.7. The number of para-hydroxylation sites is 1. The third-order valence-electron chi connectivity index (χ3n) is 6.10. The summed E-state index contributed by atoms with van der Waals surface area (Å²) >= 11 is 0. The highest BCUT2D eigenvalue weighted by Gasteiger charge is 2.32. The smallest absolute Gasteiger partial charge is 0.231 e. The number of anilines is 2. The summed E-state index contributed by atoms with van der Waals surface area (Å²) in [6, 6.07) is 20.1. The molecule has 2 aromatic carbocycles. The van der Waals surface area contributed by atoms with Crippen molar-refractivity contribution in [2.24, 2.45) is 5.92 Å². The van der Waals surface area contributed by atoms with Crippen LogP contribution in [0.15, 0.2) is 66.9 Å². The minimum Gasteiger partial charge on any atom is -0.368 e. The monoisotopic (exact) mass is 415 g/mol. The van der Waals surface area contributed by atoms with Crippen molar-refractivity contribution in [3.8, 4) is 11.1 Å². The quantitative estimate of drug-likeness (QED) is 0.711. The number of rotatable bonds is 4. The van der Waals surface area contributed by atoms with Gasteiger partial charge < -0.3 is 15.1 Å². The number of nitrogens with zero attached hydrogens (tertiary/aromatic N) is 4. The van der Waals surface area contributed by atoms with E-state index >= 15 is 0 Å². The van der Waals surface area contributed by atoms with Gasteiger partial charge in [-0.3, -0.25) is 9.59 Å². The number of aromatic nitrogens is 2. The zero-order valence-corrected chi connectivity index (χ0v) is 17.3. The van der Waals surface area contributed by atoms with Gasteiger partial charge in [0.2, 0.25) is 11.8 Å². The number of hydrogen-bond donors (Lipinski definition) is 1. The molecule has 0 unspecified atom stereocenters. The van der Waals surface area contributed by atoms with Gasteiger partial charge in [-0.15, -0.1) is 0 Å². The molecule has 5 rings (SSSR count). The summed E-state index contributed by atoms with van der Waals surface area (Å²) in [7, 11) is 0. The molecule has 7 heteroatoms. The van der Waals surface area contributed by atoms with E-state index in [2.05, 4.69) is 27.4 Å². The van der Waals surface area contributed by atoms with Gasteiger partial charge in [0.1, 0.15) is 5.82 Å². The zero-order valence-electron chi connectivity index (χ0n) is 17.3. The maximum absolute atomic E-state index is 12.9. The van der Waals surface area contributed by atoms with Crippen molar-refractivity contribution in [2.75, 3.05) is 36.4 Å². The molecule has 1 fully saturated rings. The Morgan fingerprint density at radius 3 is 2.35 bits per heavy atom. The summed E-state index contributed by atoms with van der Waals surface area (Å²) in [5.41, 5.74) is 3.09. The van der Waals surface area contributed by atoms with E-state index in [0.717, 1.165) is 24.2 Å². The standard InChI is InChI=1S/C24H25N5O2/c30-22(28-13-11-27(12-14-28)20-9-5-2-6-10-20)15-19-17-29-23(26-24(19)31)21(16-25-29)18-7-3-1-4-8-18/h1-10,16,19H,11-15,17H2,(H,26,31)/t19-/m1/s1. The molecule has 0 bridgehead atoms. The van der Waals surface area contributed by atoms with E-state index in [4.69, 9.17) is 0 Å². The average Bonchev–Trinajstić information content (AvgIpc) is 3.23. The zero-order chi connectivity index (χ0) is 21.2. The number of carbonyl (C=O) groups excluding carboxylic acids is 2. The molecule has 1 saturated heterocycles. The molecule has 1 aromatic heterocycles. The van der Waals surface area contributed by atoms with Crippen LogP contribution in [0.1, 0.15) is 6.42 Å². The Labute approximate surface area is 181 Å². The van der Waals surface area contributed by atoms with E-state index in [1.54, 1.807) is 10.9 Å². The van der Waals surface area contributed by atoms with E-state index in [1.165, 1.54) is 5.69 Å². The number of amides is 2. The van der Waals surface area contributed by atoms with Crippen LogP contribution in [0.5, 0.6) is 0 Å². The topological polar surface area (TPSA) is 70.5 Å². The Morgan fingerprint density at radius 1 is 0.968 bits per heavy atom. The fraction of sp³-hybridized carbons (Fsp3) is 0.292. The van der Waals surface area contributed by atoms with Crippen LogP contribution < -0.4 is 10.2 Å². The fourth-order valence-corrected chi connectivity index (χ4v) is 4.35. The van der Waals surface area contributed by atoms with Crippen molar-refractivity contribution in [2.45, 2.75) is 13.0 Å². The molecule has 31 heavy (non-hydrogen) atoms. The van der Waals surface area contributed by atoms with Gasteiger partial charge >= 0.3 is 0 Å². The molecule has 3 heterocycles. The number of piperazine rings is 1. The minimum absolute atomic E-state index is 0.0340. The molecule has 2 amide bonds. The Hall–Kier alpha value is -3.61. The molecule has 0 aliphatic carbocycles. The molecule has 1 atom stereocenters. The van der Waals surface area contributed by atoms with Crippen LogP contribution in [-0.2, 0) is 16.1 Å². The Balaban J connectivity index is 1.21. The molecular weight excluding hydrogens is 390 g/mol. The normalized spacial score (nSPS) is 18.5. The number of carbonyl (C=O) groups is 2. The first-order chi connectivity index (χ1) is 15.2. The Kier molecular flexibility index (Phi) is 5.16. The number of benzene rings is 2. The molecule has 2 aliphatic heterocycles. The van der Waals surface area contributed by atoms with Gasteiger partial charge in [0.15, 0.2) is 0 Å². The maximum Gasteiger partial charge on any atom is 0.231 e. The lowest BCUT2D eigenvalue weighted by Crippen LogP contribution is -2.49. The van der Waals surface area contributed by atoms with Gasteiger partial charge in [-0.25, -0.2) is 4.68 Å². The molecule has 2 aliphatic rings. The predicted molar refractivity (Wildman–Crippen MR) is 120 cm³/mol. The van der Waals surface area contributed by atoms with Crippen LogP contribution in [0, 0.1) is 5.92 Å². The summed E-state index contributed by atoms with van der Waals surface area (Å²) in [5.74, 6) is 0.222. The second-order valence-corrected chi connectivity index (χ2v) is 8.05. The first kappa shape index (κ1) is 19.4. The van der Waals surface area contributed by atoms with Gasteiger partial charge in [-0.05, 0) is 17.7 Å². The summed E-state index contributed by atoms with van der Waals surface area (Å²) in [5, 5.41) is 7.43. The van der Waals surface area contributed by atoms with Crippen LogP contribution >= 0.6 is 0 Å². The predicted octanol–water partition coefficient (Wildman–Crippen LogP) is 2.86. The number of fused-ring (bicyclic) bond motifs is 1. The van der Waals surface area contributed by atoms with E-state index in [9.17, 15) is 9.59 Å². The van der Waals surface area contributed by atoms with E-state index in [0.29, 0.717) is 25.5 Å². The molecule has 0 radical (unpaired) electrons. The summed E-state index contributed by atoms with van der Waals surface area (Å²) in [6.07, 6.45) is 1.98. The van der Waals surface area contributed by atoms with Gasteiger partial charge in [0, 0.05) is 43.9 Å². The molecular formula is C24H25N5O2. The second-order valence-electron chi connectivity index (χ2n) is 8.05. The van der Waals surface area contributed by atoms with E-state index in [1.807, 2.05) is 53.4 Å². The van der Waals surface area contributed by atoms with Crippen molar-refractivity contribution in [1.82, 2.24) is 14.7 Å². The van der Waals surface area contributed by atoms with Crippen molar-refractivity contribution in [1.29, 1.82) is 0 Å². The third-order valence-corrected chi connectivity index (χ3v) is 6.10. The lowest BCUT2D eigenvalue weighted by molar-refractivity contribution is -0.135. The number of hydrogen-bond acceptors (Lipinski definition) is 4. The summed E-state index contributed by atoms with van der Waals surface area (Å²) in [6.45, 7) is 3.37. The molecule has 0 spiro atoms. The van der Waals surface area contributed by atoms with Gasteiger partial charge in [0.25, 0.3) is 0 Å². The lowest BCUT2D eigenvalue weighted by Gasteiger charge is -2.36. The highest BCUT2D eigenvalue weighted by atomic mass is 16.2. The van der Waals surface area contributed by atoms with Crippen molar-refractivity contribution >= 4 is 23.3 Å². The van der Waals surface area contributed by atoms with Crippen LogP contribution in [0.3, 0.4) is 0 Å². The van der Waals surface area contributed by atoms with Crippen LogP contribution in [-0.4, -0.2) is 52.7 Å². The lowest BCUT2D eigenvalue weighted by atomic mass is 10.0. The SMILES string of the molecule is O=C1Nc2c(-c3ccccc3)cnn2C[C@H]1CC(=O)N1CCN(c2ccccc2)CC1. The van der Waals surface area contributed by atoms with Crippen molar-refractivity contribution in [3.63, 3.8) is 0 Å². The van der Waals surface area contributed by atoms with E-state index in [-0.39, 0.29) is 18.2 Å². The van der Waals surface area contributed by atoms with Crippen LogP contribution in [0.4, 0.5) is 11.5 Å². The summed E-state index contributed by atoms with van der Waals surface area (Å²) in [4.78, 5) is 29.8. The van der Waals surface area contributed by atoms with Gasteiger partial charge in [-0.2, -0.15) is 5.10 Å². The summed E-state index contributed by atoms with van der Waals surface area (Å²) < 4.78 is 1.80. The van der Waals surface area contributed by atoms with Gasteiger partial charge in [-0.1, -0.05) is 48.5 Å². The van der Waals surface area contributed by atoms with Gasteiger partial charge in [0.05, 0.1) is 18.7 Å². The highest BCUT2D eigenvalue weighted by molar-refractivity contribution is 5.98. The number of nitrogens with one attached hydrogen (secondary N) is 1. The van der Waals surface area contributed by atoms with E-state index < -0.39 is 5.92 Å². The Morgan fingerprint density at radius 2 is 1.65 bits per heavy atom. The van der Waals surface area contributed by atoms with Crippen LogP contribution in [0.25, 0.3) is 11.1 Å². The van der Waals surface area contributed by atoms with Crippen LogP contribution in [0.2, 0.25) is 0 Å². The fourth-order valence-electron chi connectivity index (χ4n) is 4.35. The molecule has 3 aromatic rings. The first-order valence-electron chi connectivity index (χ1n) is 10.7. The van der Waals surface area contributed by atoms with Crippen molar-refractivity contribution < 1.29 is 9.59 Å². The third kappa shape index (κ3) is 3.91. The minimum atomic E-state index is -0.407. The molecule has 1 N–H and O–H groups in total.